The maximum Gasteiger partial charge on any atom is 0.419 e. The average Bonchev–Trinajstić information content (AvgIpc) is 2.61. The van der Waals surface area contributed by atoms with Crippen LogP contribution in [0.3, 0.4) is 0 Å². The van der Waals surface area contributed by atoms with Crippen LogP contribution in [0.25, 0.3) is 0 Å². The maximum atomic E-state index is 12.9. The van der Waals surface area contributed by atoms with Gasteiger partial charge in [-0.15, -0.1) is 0 Å². The number of benzene rings is 1. The first-order valence-electron chi connectivity index (χ1n) is 5.98. The van der Waals surface area contributed by atoms with Gasteiger partial charge in [0.1, 0.15) is 18.0 Å². The van der Waals surface area contributed by atoms with Crippen molar-refractivity contribution in [3.8, 4) is 5.75 Å². The standard InChI is InChI=1S/C12H13F3O5S/c13-12(14,15)8-3-7(4-16)1-2-10(8)20-11-6-21(18,19)5-9(11)17/h1-3,9,11,16-17H,4-6H2. The van der Waals surface area contributed by atoms with Crippen molar-refractivity contribution < 1.29 is 36.5 Å². The van der Waals surface area contributed by atoms with Crippen LogP contribution < -0.4 is 4.74 Å². The first kappa shape index (κ1) is 16.1. The Morgan fingerprint density at radius 2 is 1.95 bits per heavy atom. The fourth-order valence-electron chi connectivity index (χ4n) is 2.07. The molecule has 1 aromatic rings. The van der Waals surface area contributed by atoms with E-state index >= 15 is 0 Å². The molecule has 2 atom stereocenters. The summed E-state index contributed by atoms with van der Waals surface area (Å²) < 4.78 is 66.5. The van der Waals surface area contributed by atoms with E-state index in [-0.39, 0.29) is 5.56 Å². The Balaban J connectivity index is 2.32. The first-order valence-corrected chi connectivity index (χ1v) is 7.80. The molecule has 0 bridgehead atoms. The third kappa shape index (κ3) is 3.66. The number of hydrogen-bond acceptors (Lipinski definition) is 5. The minimum absolute atomic E-state index is 0.0502. The molecule has 0 spiro atoms. The van der Waals surface area contributed by atoms with E-state index in [0.29, 0.717) is 0 Å². The van der Waals surface area contributed by atoms with Gasteiger partial charge >= 0.3 is 6.18 Å². The highest BCUT2D eigenvalue weighted by Gasteiger charge is 2.40. The Bertz CT molecular complexity index is 626. The maximum absolute atomic E-state index is 12.9. The lowest BCUT2D eigenvalue weighted by Crippen LogP contribution is -2.30. The molecule has 2 unspecified atom stereocenters. The van der Waals surface area contributed by atoms with E-state index in [9.17, 15) is 26.7 Å². The smallest absolute Gasteiger partial charge is 0.419 e. The number of aliphatic hydroxyl groups is 2. The van der Waals surface area contributed by atoms with Crippen LogP contribution in [0.4, 0.5) is 13.2 Å². The SMILES string of the molecule is O=S1(=O)CC(O)C(Oc2ccc(CO)cc2C(F)(F)F)C1. The second-order valence-corrected chi connectivity index (χ2v) is 6.94. The van der Waals surface area contributed by atoms with Crippen molar-refractivity contribution in [1.82, 2.24) is 0 Å². The van der Waals surface area contributed by atoms with Crippen molar-refractivity contribution in [2.45, 2.75) is 25.0 Å². The van der Waals surface area contributed by atoms with Gasteiger partial charge in [-0.3, -0.25) is 0 Å². The van der Waals surface area contributed by atoms with Crippen molar-refractivity contribution in [3.63, 3.8) is 0 Å². The molecule has 1 saturated heterocycles. The molecule has 1 heterocycles. The van der Waals surface area contributed by atoms with Crippen LogP contribution in [0, 0.1) is 0 Å². The molecule has 5 nitrogen and oxygen atoms in total. The van der Waals surface area contributed by atoms with Gasteiger partial charge < -0.3 is 14.9 Å². The van der Waals surface area contributed by atoms with Crippen molar-refractivity contribution in [1.29, 1.82) is 0 Å². The molecule has 1 aliphatic rings. The van der Waals surface area contributed by atoms with Gasteiger partial charge in [-0.1, -0.05) is 6.07 Å². The quantitative estimate of drug-likeness (QED) is 0.856. The summed E-state index contributed by atoms with van der Waals surface area (Å²) in [6.45, 7) is -0.566. The van der Waals surface area contributed by atoms with Gasteiger partial charge in [-0.2, -0.15) is 13.2 Å². The van der Waals surface area contributed by atoms with Gasteiger partial charge in [-0.25, -0.2) is 8.42 Å². The van der Waals surface area contributed by atoms with Gasteiger partial charge in [0.05, 0.1) is 23.7 Å². The van der Waals surface area contributed by atoms with Crippen LogP contribution >= 0.6 is 0 Å². The van der Waals surface area contributed by atoms with Crippen LogP contribution in [0.15, 0.2) is 18.2 Å². The molecule has 21 heavy (non-hydrogen) atoms. The molecule has 1 aliphatic heterocycles. The number of rotatable bonds is 3. The summed E-state index contributed by atoms with van der Waals surface area (Å²) >= 11 is 0. The zero-order valence-corrected chi connectivity index (χ0v) is 11.5. The lowest BCUT2D eigenvalue weighted by molar-refractivity contribution is -0.139. The molecule has 1 fully saturated rings. The Kier molecular flexibility index (Phi) is 4.18. The topological polar surface area (TPSA) is 83.8 Å². The molecule has 9 heteroatoms. The van der Waals surface area contributed by atoms with E-state index in [1.165, 1.54) is 6.07 Å². The summed E-state index contributed by atoms with van der Waals surface area (Å²) in [7, 11) is -3.52. The van der Waals surface area contributed by atoms with Crippen LogP contribution in [0.1, 0.15) is 11.1 Å². The van der Waals surface area contributed by atoms with E-state index in [1.807, 2.05) is 0 Å². The van der Waals surface area contributed by atoms with Gasteiger partial charge in [0.25, 0.3) is 0 Å². The van der Waals surface area contributed by atoms with E-state index in [2.05, 4.69) is 0 Å². The molecule has 0 saturated carbocycles. The lowest BCUT2D eigenvalue weighted by atomic mass is 10.1. The highest BCUT2D eigenvalue weighted by atomic mass is 32.2. The van der Waals surface area contributed by atoms with Gasteiger partial charge in [-0.05, 0) is 17.7 Å². The molecule has 0 aromatic heterocycles. The van der Waals surface area contributed by atoms with Gasteiger partial charge in [0, 0.05) is 0 Å². The summed E-state index contributed by atoms with van der Waals surface area (Å²) in [5, 5.41) is 18.4. The Morgan fingerprint density at radius 1 is 1.29 bits per heavy atom. The molecular weight excluding hydrogens is 313 g/mol. The average molecular weight is 326 g/mol. The van der Waals surface area contributed by atoms with Gasteiger partial charge in [0.15, 0.2) is 9.84 Å². The van der Waals surface area contributed by atoms with Crippen LogP contribution in [-0.2, 0) is 22.6 Å². The zero-order valence-electron chi connectivity index (χ0n) is 10.7. The van der Waals surface area contributed by atoms with Crippen molar-refractivity contribution in [2.75, 3.05) is 11.5 Å². The molecule has 0 amide bonds. The molecule has 0 aliphatic carbocycles. The summed E-state index contributed by atoms with van der Waals surface area (Å²) in [5.74, 6) is -1.64. The molecule has 1 aromatic carbocycles. The largest absolute Gasteiger partial charge is 0.486 e. The predicted molar refractivity (Wildman–Crippen MR) is 66.4 cm³/mol. The molecular formula is C12H13F3O5S. The number of alkyl halides is 3. The van der Waals surface area contributed by atoms with Crippen LogP contribution in [0.5, 0.6) is 5.75 Å². The van der Waals surface area contributed by atoms with E-state index < -0.39 is 57.6 Å². The molecule has 2 N–H and O–H groups in total. The normalized spacial score (nSPS) is 25.0. The molecule has 118 valence electrons. The monoisotopic (exact) mass is 326 g/mol. The fourth-order valence-corrected chi connectivity index (χ4v) is 3.73. The number of halogens is 3. The summed E-state index contributed by atoms with van der Waals surface area (Å²) in [6, 6.07) is 2.97. The van der Waals surface area contributed by atoms with Crippen molar-refractivity contribution in [2.24, 2.45) is 0 Å². The second-order valence-electron chi connectivity index (χ2n) is 4.79. The molecule has 0 radical (unpaired) electrons. The minimum Gasteiger partial charge on any atom is -0.486 e. The summed E-state index contributed by atoms with van der Waals surface area (Å²) in [6.07, 6.45) is -7.33. The Hall–Kier alpha value is -1.32. The highest BCUT2D eigenvalue weighted by Crippen LogP contribution is 2.38. The van der Waals surface area contributed by atoms with E-state index in [4.69, 9.17) is 9.84 Å². The zero-order chi connectivity index (χ0) is 15.8. The van der Waals surface area contributed by atoms with Gasteiger partial charge in [0.2, 0.25) is 0 Å². The number of sulfone groups is 1. The summed E-state index contributed by atoms with van der Waals surface area (Å²) in [5.41, 5.74) is -1.07. The predicted octanol–water partition coefficient (Wildman–Crippen LogP) is 0.734. The fraction of sp³-hybridized carbons (Fsp3) is 0.500. The Morgan fingerprint density at radius 3 is 2.43 bits per heavy atom. The third-order valence-corrected chi connectivity index (χ3v) is 4.77. The highest BCUT2D eigenvalue weighted by molar-refractivity contribution is 7.91. The number of hydrogen-bond donors (Lipinski definition) is 2. The van der Waals surface area contributed by atoms with E-state index in [0.717, 1.165) is 12.1 Å². The first-order chi connectivity index (χ1) is 9.62. The minimum atomic E-state index is -4.72. The molecule has 2 rings (SSSR count). The van der Waals surface area contributed by atoms with Crippen molar-refractivity contribution >= 4 is 9.84 Å². The second kappa shape index (κ2) is 5.47. The Labute approximate surface area is 118 Å². The van der Waals surface area contributed by atoms with Crippen molar-refractivity contribution in [3.05, 3.63) is 29.3 Å². The van der Waals surface area contributed by atoms with Crippen LogP contribution in [0.2, 0.25) is 0 Å². The van der Waals surface area contributed by atoms with Crippen LogP contribution in [-0.4, -0.2) is 42.3 Å². The van der Waals surface area contributed by atoms with E-state index in [1.54, 1.807) is 0 Å². The lowest BCUT2D eigenvalue weighted by Gasteiger charge is -2.20. The number of aliphatic hydroxyl groups excluding tert-OH is 2. The number of ether oxygens (including phenoxy) is 1. The summed E-state index contributed by atoms with van der Waals surface area (Å²) in [4.78, 5) is 0. The third-order valence-electron chi connectivity index (χ3n) is 3.08.